The number of anilines is 1. The molecule has 3 heteroatoms. The molecule has 2 rings (SSSR count). The largest absolute Gasteiger partial charge is 0.399 e. The molecule has 0 heterocycles. The minimum absolute atomic E-state index is 0.783. The summed E-state index contributed by atoms with van der Waals surface area (Å²) >= 11 is 0. The fourth-order valence-electron chi connectivity index (χ4n) is 1.62. The normalized spacial score (nSPS) is 10.6. The number of nitrogen functional groups attached to an aromatic ring is 1. The van der Waals surface area contributed by atoms with E-state index in [4.69, 9.17) is 5.73 Å². The molecule has 0 saturated carbocycles. The third-order valence-electron chi connectivity index (χ3n) is 2.49. The molecule has 17 heavy (non-hydrogen) atoms. The Morgan fingerprint density at radius 2 is 1.76 bits per heavy atom. The first kappa shape index (κ1) is 11.2. The number of hydrogen-bond acceptors (Lipinski definition) is 3. The van der Waals surface area contributed by atoms with Gasteiger partial charge in [0.05, 0.1) is 6.21 Å². The van der Waals surface area contributed by atoms with Gasteiger partial charge in [-0.25, -0.2) is 0 Å². The zero-order valence-electron chi connectivity index (χ0n) is 9.63. The van der Waals surface area contributed by atoms with Crippen molar-refractivity contribution in [2.75, 3.05) is 12.8 Å². The Morgan fingerprint density at radius 3 is 2.41 bits per heavy atom. The Bertz CT molecular complexity index is 518. The lowest BCUT2D eigenvalue weighted by molar-refractivity contribution is 0.215. The molecule has 2 aromatic carbocycles. The molecule has 0 fully saturated rings. The molecular formula is C14H14N2O. The van der Waals surface area contributed by atoms with Gasteiger partial charge in [0.15, 0.2) is 0 Å². The van der Waals surface area contributed by atoms with Gasteiger partial charge in [0.1, 0.15) is 7.11 Å². The van der Waals surface area contributed by atoms with Crippen LogP contribution in [0, 0.1) is 0 Å². The van der Waals surface area contributed by atoms with Crippen LogP contribution in [0.5, 0.6) is 0 Å². The molecule has 2 aromatic rings. The maximum Gasteiger partial charge on any atom is 0.106 e. The van der Waals surface area contributed by atoms with E-state index in [9.17, 15) is 0 Å². The van der Waals surface area contributed by atoms with E-state index < -0.39 is 0 Å². The van der Waals surface area contributed by atoms with E-state index in [2.05, 4.69) is 9.99 Å². The van der Waals surface area contributed by atoms with Gasteiger partial charge in [-0.1, -0.05) is 47.6 Å². The van der Waals surface area contributed by atoms with Crippen LogP contribution in [0.1, 0.15) is 5.56 Å². The average Bonchev–Trinajstić information content (AvgIpc) is 2.38. The summed E-state index contributed by atoms with van der Waals surface area (Å²) in [6, 6.07) is 15.8. The molecule has 0 saturated heterocycles. The third kappa shape index (κ3) is 2.64. The molecule has 0 spiro atoms. The zero-order valence-corrected chi connectivity index (χ0v) is 9.63. The van der Waals surface area contributed by atoms with Crippen LogP contribution in [-0.4, -0.2) is 13.3 Å². The van der Waals surface area contributed by atoms with Crippen LogP contribution in [0.3, 0.4) is 0 Å². The monoisotopic (exact) mass is 226 g/mol. The van der Waals surface area contributed by atoms with Crippen LogP contribution in [0.15, 0.2) is 53.7 Å². The van der Waals surface area contributed by atoms with Gasteiger partial charge in [0.2, 0.25) is 0 Å². The maximum absolute atomic E-state index is 5.92. The van der Waals surface area contributed by atoms with Gasteiger partial charge in [-0.2, -0.15) is 0 Å². The van der Waals surface area contributed by atoms with Crippen molar-refractivity contribution in [1.29, 1.82) is 0 Å². The Balaban J connectivity index is 2.30. The van der Waals surface area contributed by atoms with Crippen molar-refractivity contribution >= 4 is 11.9 Å². The molecule has 0 aromatic heterocycles. The van der Waals surface area contributed by atoms with Crippen LogP contribution in [0.25, 0.3) is 11.1 Å². The van der Waals surface area contributed by atoms with Crippen molar-refractivity contribution in [3.63, 3.8) is 0 Å². The van der Waals surface area contributed by atoms with Crippen LogP contribution >= 0.6 is 0 Å². The van der Waals surface area contributed by atoms with Gasteiger partial charge in [-0.15, -0.1) is 0 Å². The average molecular weight is 226 g/mol. The van der Waals surface area contributed by atoms with Gasteiger partial charge >= 0.3 is 0 Å². The van der Waals surface area contributed by atoms with E-state index in [0.717, 1.165) is 22.4 Å². The van der Waals surface area contributed by atoms with E-state index in [0.29, 0.717) is 0 Å². The minimum Gasteiger partial charge on any atom is -0.399 e. The number of benzene rings is 2. The van der Waals surface area contributed by atoms with Crippen molar-refractivity contribution in [1.82, 2.24) is 0 Å². The third-order valence-corrected chi connectivity index (χ3v) is 2.49. The number of rotatable bonds is 3. The highest BCUT2D eigenvalue weighted by molar-refractivity contribution is 5.82. The van der Waals surface area contributed by atoms with Gasteiger partial charge < -0.3 is 10.6 Å². The highest BCUT2D eigenvalue weighted by atomic mass is 16.6. The molecule has 0 aliphatic carbocycles. The summed E-state index contributed by atoms with van der Waals surface area (Å²) in [6.07, 6.45) is 1.66. The standard InChI is InChI=1S/C14H14N2O/c1-17-16-10-11-6-8-12(9-7-11)13-4-2-3-5-14(13)15/h2-10H,15H2,1H3/b16-10+. The number of nitrogens with two attached hydrogens (primary N) is 1. The number of para-hydroxylation sites is 1. The van der Waals surface area contributed by atoms with E-state index >= 15 is 0 Å². The first-order valence-corrected chi connectivity index (χ1v) is 5.33. The smallest absolute Gasteiger partial charge is 0.106 e. The summed E-state index contributed by atoms with van der Waals surface area (Å²) in [5.41, 5.74) is 9.84. The van der Waals surface area contributed by atoms with Crippen LogP contribution < -0.4 is 5.73 Å². The van der Waals surface area contributed by atoms with Crippen LogP contribution in [0.2, 0.25) is 0 Å². The summed E-state index contributed by atoms with van der Waals surface area (Å²) in [7, 11) is 1.52. The first-order valence-electron chi connectivity index (χ1n) is 5.33. The molecular weight excluding hydrogens is 212 g/mol. The Morgan fingerprint density at radius 1 is 1.06 bits per heavy atom. The summed E-state index contributed by atoms with van der Waals surface area (Å²) in [4.78, 5) is 4.63. The second-order valence-electron chi connectivity index (χ2n) is 3.63. The summed E-state index contributed by atoms with van der Waals surface area (Å²) < 4.78 is 0. The topological polar surface area (TPSA) is 47.6 Å². The van der Waals surface area contributed by atoms with Crippen molar-refractivity contribution < 1.29 is 4.84 Å². The molecule has 0 amide bonds. The minimum atomic E-state index is 0.783. The quantitative estimate of drug-likeness (QED) is 0.497. The fraction of sp³-hybridized carbons (Fsp3) is 0.0714. The van der Waals surface area contributed by atoms with Crippen molar-refractivity contribution in [3.8, 4) is 11.1 Å². The zero-order chi connectivity index (χ0) is 12.1. The lowest BCUT2D eigenvalue weighted by Gasteiger charge is -2.05. The molecule has 0 aliphatic heterocycles. The summed E-state index contributed by atoms with van der Waals surface area (Å²) in [5, 5.41) is 3.71. The van der Waals surface area contributed by atoms with Crippen molar-refractivity contribution in [2.24, 2.45) is 5.16 Å². The molecule has 0 atom stereocenters. The maximum atomic E-state index is 5.92. The van der Waals surface area contributed by atoms with Crippen molar-refractivity contribution in [3.05, 3.63) is 54.1 Å². The Labute approximate surface area is 101 Å². The SMILES string of the molecule is CO/N=C/c1ccc(-c2ccccc2N)cc1. The van der Waals surface area contributed by atoms with Crippen molar-refractivity contribution in [2.45, 2.75) is 0 Å². The van der Waals surface area contributed by atoms with Gasteiger partial charge in [0.25, 0.3) is 0 Å². The lowest BCUT2D eigenvalue weighted by atomic mass is 10.0. The van der Waals surface area contributed by atoms with E-state index in [1.807, 2.05) is 48.5 Å². The Hall–Kier alpha value is -2.29. The molecule has 0 unspecified atom stereocenters. The van der Waals surface area contributed by atoms with E-state index in [1.54, 1.807) is 6.21 Å². The second-order valence-corrected chi connectivity index (χ2v) is 3.63. The molecule has 0 bridgehead atoms. The summed E-state index contributed by atoms with van der Waals surface area (Å²) in [6.45, 7) is 0. The van der Waals surface area contributed by atoms with E-state index in [1.165, 1.54) is 7.11 Å². The van der Waals surface area contributed by atoms with E-state index in [-0.39, 0.29) is 0 Å². The predicted molar refractivity (Wildman–Crippen MR) is 70.9 cm³/mol. The number of oxime groups is 1. The highest BCUT2D eigenvalue weighted by Gasteiger charge is 2.00. The Kier molecular flexibility index (Phi) is 3.40. The first-order chi connectivity index (χ1) is 8.31. The molecule has 86 valence electrons. The fourth-order valence-corrected chi connectivity index (χ4v) is 1.62. The molecule has 3 nitrogen and oxygen atoms in total. The highest BCUT2D eigenvalue weighted by Crippen LogP contribution is 2.25. The lowest BCUT2D eigenvalue weighted by Crippen LogP contribution is -1.89. The van der Waals surface area contributed by atoms with Crippen LogP contribution in [0.4, 0.5) is 5.69 Å². The number of nitrogens with zero attached hydrogens (tertiary/aromatic N) is 1. The van der Waals surface area contributed by atoms with Gasteiger partial charge in [-0.3, -0.25) is 0 Å². The summed E-state index contributed by atoms with van der Waals surface area (Å²) in [5.74, 6) is 0. The predicted octanol–water partition coefficient (Wildman–Crippen LogP) is 2.92. The molecule has 0 aliphatic rings. The number of hydrogen-bond donors (Lipinski definition) is 1. The van der Waals surface area contributed by atoms with Crippen LogP contribution in [-0.2, 0) is 4.84 Å². The molecule has 2 N–H and O–H groups in total. The molecule has 0 radical (unpaired) electrons. The second kappa shape index (κ2) is 5.16. The van der Waals surface area contributed by atoms with Gasteiger partial charge in [-0.05, 0) is 17.2 Å². The van der Waals surface area contributed by atoms with Gasteiger partial charge in [0, 0.05) is 11.3 Å².